The molecule has 1 aromatic carbocycles. The largest absolute Gasteiger partial charge is 1.00 e. The van der Waals surface area contributed by atoms with Crippen molar-refractivity contribution in [1.29, 1.82) is 5.39 Å². The third-order valence-corrected chi connectivity index (χ3v) is 4.09. The maximum atomic E-state index is 11.0. The van der Waals surface area contributed by atoms with Crippen LogP contribution in [0.4, 0.5) is 5.69 Å². The van der Waals surface area contributed by atoms with Gasteiger partial charge < -0.3 is 12.4 Å². The second-order valence-electron chi connectivity index (χ2n) is 2.77. The third kappa shape index (κ3) is 3.29. The molecule has 8 nitrogen and oxygen atoms in total. The van der Waals surface area contributed by atoms with Crippen LogP contribution in [0.3, 0.4) is 0 Å². The van der Waals surface area contributed by atoms with Crippen LogP contribution in [0.2, 0.25) is 5.02 Å². The van der Waals surface area contributed by atoms with E-state index in [1.54, 1.807) is 0 Å². The van der Waals surface area contributed by atoms with Gasteiger partial charge in [-0.2, -0.15) is 16.8 Å². The van der Waals surface area contributed by atoms with E-state index in [4.69, 9.17) is 26.1 Å². The number of rotatable bonds is 2. The predicted octanol–water partition coefficient (Wildman–Crippen LogP) is -1.68. The number of hydrogen-bond donors (Lipinski definition) is 2. The van der Waals surface area contributed by atoms with Gasteiger partial charge in [0, 0.05) is 6.07 Å². The molecule has 0 fully saturated rings. The summed E-state index contributed by atoms with van der Waals surface area (Å²) in [6.45, 7) is 0. The van der Waals surface area contributed by atoms with E-state index in [9.17, 15) is 16.8 Å². The minimum Gasteiger partial charge on any atom is -1.00 e. The van der Waals surface area contributed by atoms with Gasteiger partial charge in [-0.1, -0.05) is 11.6 Å². The van der Waals surface area contributed by atoms with E-state index in [0.29, 0.717) is 0 Å². The van der Waals surface area contributed by atoms with Crippen molar-refractivity contribution >= 4 is 37.5 Å². The van der Waals surface area contributed by atoms with Gasteiger partial charge in [0.2, 0.25) is 10.3 Å². The standard InChI is InChI=1S/C6H3ClN2O6S2.ClH/c7-3-1-2-4(9-8)6(17(13,14)15)5(3)16(10,11)12;/h1-2H,(H-,10,11,12,13,14,15);1H. The Bertz CT molecular complexity index is 721. The minimum atomic E-state index is -5.06. The summed E-state index contributed by atoms with van der Waals surface area (Å²) in [6, 6.07) is 1.73. The molecule has 100 valence electrons. The maximum absolute atomic E-state index is 11.0. The molecule has 0 bridgehead atoms. The molecule has 1 rings (SSSR count). The van der Waals surface area contributed by atoms with Gasteiger partial charge in [-0.3, -0.25) is 9.11 Å². The Morgan fingerprint density at radius 1 is 1.06 bits per heavy atom. The zero-order valence-corrected chi connectivity index (χ0v) is 11.3. The molecule has 0 aliphatic heterocycles. The van der Waals surface area contributed by atoms with Crippen LogP contribution in [0.1, 0.15) is 0 Å². The molecule has 0 saturated carbocycles. The third-order valence-electron chi connectivity index (χ3n) is 1.67. The molecule has 0 radical (unpaired) electrons. The van der Waals surface area contributed by atoms with Crippen molar-refractivity contribution in [1.82, 2.24) is 0 Å². The van der Waals surface area contributed by atoms with E-state index in [0.717, 1.165) is 12.1 Å². The van der Waals surface area contributed by atoms with Crippen molar-refractivity contribution in [2.75, 3.05) is 0 Å². The lowest BCUT2D eigenvalue weighted by molar-refractivity contribution is -0.0000118. The summed E-state index contributed by atoms with van der Waals surface area (Å²) in [5, 5.41) is 7.85. The van der Waals surface area contributed by atoms with Gasteiger partial charge in [-0.25, -0.2) is 0 Å². The SMILES string of the molecule is N#[N+]c1ccc(Cl)c(S(=O)(=O)O)c1S(=O)(=O)O.[Cl-]. The minimum absolute atomic E-state index is 0. The molecule has 12 heteroatoms. The van der Waals surface area contributed by atoms with Gasteiger partial charge in [-0.05, 0) is 6.07 Å². The molecular formula is C6H4Cl2N2O6S2. The number of nitrogens with zero attached hydrogens (tertiary/aromatic N) is 2. The van der Waals surface area contributed by atoms with Crippen molar-refractivity contribution in [3.63, 3.8) is 0 Å². The number of diazo groups is 1. The van der Waals surface area contributed by atoms with E-state index in [-0.39, 0.29) is 12.4 Å². The summed E-state index contributed by atoms with van der Waals surface area (Å²) in [5.41, 5.74) is -0.774. The van der Waals surface area contributed by atoms with Crippen LogP contribution in [0, 0.1) is 5.39 Å². The maximum Gasteiger partial charge on any atom is 0.407 e. The molecule has 0 amide bonds. The van der Waals surface area contributed by atoms with E-state index < -0.39 is 40.7 Å². The summed E-state index contributed by atoms with van der Waals surface area (Å²) in [6.07, 6.45) is 0. The number of benzene rings is 1. The smallest absolute Gasteiger partial charge is 0.407 e. The fraction of sp³-hybridized carbons (Fsp3) is 0. The highest BCUT2D eigenvalue weighted by Crippen LogP contribution is 2.35. The Morgan fingerprint density at radius 2 is 1.50 bits per heavy atom. The summed E-state index contributed by atoms with van der Waals surface area (Å²) in [7, 11) is -10.1. The average molecular weight is 335 g/mol. The van der Waals surface area contributed by atoms with Gasteiger partial charge in [-0.15, -0.1) is 0 Å². The summed E-state index contributed by atoms with van der Waals surface area (Å²) in [4.78, 5) is -0.0702. The fourth-order valence-corrected chi connectivity index (χ4v) is 3.61. The lowest BCUT2D eigenvalue weighted by atomic mass is 10.3. The quantitative estimate of drug-likeness (QED) is 0.486. The van der Waals surface area contributed by atoms with Gasteiger partial charge in [0.05, 0.1) is 5.02 Å². The van der Waals surface area contributed by atoms with Crippen LogP contribution < -0.4 is 12.4 Å². The van der Waals surface area contributed by atoms with Crippen LogP contribution in [-0.4, -0.2) is 25.9 Å². The molecule has 0 heterocycles. The summed E-state index contributed by atoms with van der Waals surface area (Å²) in [5.74, 6) is 0. The van der Waals surface area contributed by atoms with Gasteiger partial charge in [0.15, 0.2) is 4.98 Å². The van der Waals surface area contributed by atoms with Gasteiger partial charge in [0.1, 0.15) is 4.90 Å². The lowest BCUT2D eigenvalue weighted by Gasteiger charge is -2.03. The Labute approximate surface area is 113 Å². The molecule has 0 aliphatic rings. The Morgan fingerprint density at radius 3 is 1.83 bits per heavy atom. The van der Waals surface area contributed by atoms with E-state index in [2.05, 4.69) is 4.98 Å². The molecule has 1 aromatic rings. The fourth-order valence-electron chi connectivity index (χ4n) is 1.10. The van der Waals surface area contributed by atoms with Crippen molar-refractivity contribution in [2.45, 2.75) is 9.79 Å². The highest BCUT2D eigenvalue weighted by molar-refractivity contribution is 7.89. The molecular weight excluding hydrogens is 331 g/mol. The normalized spacial score (nSPS) is 11.4. The molecule has 0 aromatic heterocycles. The molecule has 0 aliphatic carbocycles. The van der Waals surface area contributed by atoms with Crippen LogP contribution in [0.25, 0.3) is 4.98 Å². The molecule has 18 heavy (non-hydrogen) atoms. The first kappa shape index (κ1) is 17.0. The molecule has 0 unspecified atom stereocenters. The second-order valence-corrected chi connectivity index (χ2v) is 5.90. The Balaban J connectivity index is 0.00000289. The van der Waals surface area contributed by atoms with Gasteiger partial charge in [0.25, 0.3) is 10.1 Å². The topological polar surface area (TPSA) is 137 Å². The molecule has 0 atom stereocenters. The van der Waals surface area contributed by atoms with Crippen molar-refractivity contribution < 1.29 is 38.3 Å². The molecule has 0 saturated heterocycles. The predicted molar refractivity (Wildman–Crippen MR) is 55.8 cm³/mol. The zero-order chi connectivity index (χ0) is 13.4. The monoisotopic (exact) mass is 334 g/mol. The van der Waals surface area contributed by atoms with Crippen LogP contribution in [0.5, 0.6) is 0 Å². The Kier molecular flexibility index (Phi) is 5.07. The average Bonchev–Trinajstić information content (AvgIpc) is 2.13. The highest BCUT2D eigenvalue weighted by atomic mass is 35.5. The molecule has 0 spiro atoms. The van der Waals surface area contributed by atoms with Crippen molar-refractivity contribution in [2.24, 2.45) is 0 Å². The van der Waals surface area contributed by atoms with E-state index in [1.165, 1.54) is 0 Å². The second kappa shape index (κ2) is 5.35. The highest BCUT2D eigenvalue weighted by Gasteiger charge is 2.36. The lowest BCUT2D eigenvalue weighted by Crippen LogP contribution is -3.00. The Hall–Kier alpha value is -0.960. The van der Waals surface area contributed by atoms with E-state index >= 15 is 0 Å². The first-order chi connectivity index (χ1) is 7.59. The number of hydrogen-bond acceptors (Lipinski definition) is 5. The summed E-state index contributed by atoms with van der Waals surface area (Å²) < 4.78 is 61.5. The summed E-state index contributed by atoms with van der Waals surface area (Å²) >= 11 is 5.41. The zero-order valence-electron chi connectivity index (χ0n) is 8.15. The van der Waals surface area contributed by atoms with Crippen molar-refractivity contribution in [3.8, 4) is 0 Å². The van der Waals surface area contributed by atoms with E-state index in [1.807, 2.05) is 0 Å². The van der Waals surface area contributed by atoms with Crippen molar-refractivity contribution in [3.05, 3.63) is 22.1 Å². The van der Waals surface area contributed by atoms with Gasteiger partial charge >= 0.3 is 15.8 Å². The van der Waals surface area contributed by atoms with Crippen LogP contribution in [0.15, 0.2) is 21.9 Å². The first-order valence-electron chi connectivity index (χ1n) is 3.71. The number of halogens is 2. The van der Waals surface area contributed by atoms with Crippen LogP contribution >= 0.6 is 11.6 Å². The first-order valence-corrected chi connectivity index (χ1v) is 6.97. The van der Waals surface area contributed by atoms with Crippen LogP contribution in [-0.2, 0) is 20.2 Å². The molecule has 2 N–H and O–H groups in total.